The molecule has 3 nitrogen and oxygen atoms in total. The fourth-order valence-electron chi connectivity index (χ4n) is 1.32. The second-order valence-corrected chi connectivity index (χ2v) is 4.17. The molecule has 0 aliphatic rings. The first kappa shape index (κ1) is 14.3. The van der Waals surface area contributed by atoms with Gasteiger partial charge in [0.1, 0.15) is 0 Å². The van der Waals surface area contributed by atoms with E-state index in [0.29, 0.717) is 12.6 Å². The van der Waals surface area contributed by atoms with E-state index in [1.165, 1.54) is 0 Å². The van der Waals surface area contributed by atoms with Gasteiger partial charge in [0.2, 0.25) is 5.82 Å². The summed E-state index contributed by atoms with van der Waals surface area (Å²) in [6.07, 6.45) is 0. The summed E-state index contributed by atoms with van der Waals surface area (Å²) in [5.41, 5.74) is -0.577. The third kappa shape index (κ3) is 2.94. The van der Waals surface area contributed by atoms with Crippen molar-refractivity contribution >= 4 is 5.91 Å². The fourth-order valence-corrected chi connectivity index (χ4v) is 1.32. The minimum atomic E-state index is -1.45. The number of amides is 1. The van der Waals surface area contributed by atoms with Crippen LogP contribution in [0, 0.1) is 23.4 Å². The van der Waals surface area contributed by atoms with Crippen LogP contribution in [-0.4, -0.2) is 19.6 Å². The topological polar surface area (TPSA) is 38.3 Å². The van der Waals surface area contributed by atoms with E-state index < -0.39 is 34.7 Å². The summed E-state index contributed by atoms with van der Waals surface area (Å²) < 4.78 is 44.4. The molecule has 0 radical (unpaired) electrons. The van der Waals surface area contributed by atoms with E-state index in [0.717, 1.165) is 7.11 Å². The lowest BCUT2D eigenvalue weighted by Gasteiger charge is -2.11. The highest BCUT2D eigenvalue weighted by Gasteiger charge is 2.23. The molecule has 0 spiro atoms. The highest BCUT2D eigenvalue weighted by Crippen LogP contribution is 2.26. The number of hydrogen-bond donors (Lipinski definition) is 1. The van der Waals surface area contributed by atoms with Crippen LogP contribution >= 0.6 is 0 Å². The quantitative estimate of drug-likeness (QED) is 0.846. The van der Waals surface area contributed by atoms with Gasteiger partial charge >= 0.3 is 0 Å². The first-order chi connectivity index (χ1) is 8.38. The molecule has 0 atom stereocenters. The molecular formula is C12H14F3NO2. The first-order valence-corrected chi connectivity index (χ1v) is 5.38. The van der Waals surface area contributed by atoms with Crippen molar-refractivity contribution in [3.05, 3.63) is 29.1 Å². The van der Waals surface area contributed by atoms with Crippen LogP contribution in [0.15, 0.2) is 6.07 Å². The van der Waals surface area contributed by atoms with Crippen molar-refractivity contribution in [2.45, 2.75) is 13.8 Å². The molecule has 0 bridgehead atoms. The summed E-state index contributed by atoms with van der Waals surface area (Å²) in [5.74, 6) is -5.54. The second-order valence-electron chi connectivity index (χ2n) is 4.17. The van der Waals surface area contributed by atoms with Crippen LogP contribution in [0.5, 0.6) is 5.75 Å². The average molecular weight is 261 g/mol. The molecule has 0 aliphatic heterocycles. The van der Waals surface area contributed by atoms with Crippen LogP contribution in [0.1, 0.15) is 24.2 Å². The van der Waals surface area contributed by atoms with Crippen LogP contribution in [0.2, 0.25) is 0 Å². The summed E-state index contributed by atoms with van der Waals surface area (Å²) in [5, 5.41) is 2.41. The van der Waals surface area contributed by atoms with Gasteiger partial charge in [0, 0.05) is 6.54 Å². The van der Waals surface area contributed by atoms with Crippen LogP contribution < -0.4 is 10.1 Å². The SMILES string of the molecule is COc1c(F)c(F)cc(C(=O)NCC(C)C)c1F. The summed E-state index contributed by atoms with van der Waals surface area (Å²) >= 11 is 0. The number of carbonyl (C=O) groups is 1. The lowest BCUT2D eigenvalue weighted by molar-refractivity contribution is 0.0943. The van der Waals surface area contributed by atoms with Crippen LogP contribution in [0.4, 0.5) is 13.2 Å². The molecule has 0 fully saturated rings. The molecule has 0 unspecified atom stereocenters. The maximum absolute atomic E-state index is 13.7. The van der Waals surface area contributed by atoms with E-state index in [1.54, 1.807) is 0 Å². The molecule has 1 rings (SSSR count). The highest BCUT2D eigenvalue weighted by atomic mass is 19.2. The molecule has 0 heterocycles. The molecule has 1 amide bonds. The Bertz CT molecular complexity index is 461. The van der Waals surface area contributed by atoms with Crippen molar-refractivity contribution in [3.8, 4) is 5.75 Å². The molecular weight excluding hydrogens is 247 g/mol. The maximum atomic E-state index is 13.7. The lowest BCUT2D eigenvalue weighted by Crippen LogP contribution is -2.28. The van der Waals surface area contributed by atoms with Gasteiger partial charge in [-0.2, -0.15) is 4.39 Å². The molecule has 6 heteroatoms. The van der Waals surface area contributed by atoms with Crippen molar-refractivity contribution < 1.29 is 22.7 Å². The monoisotopic (exact) mass is 261 g/mol. The second kappa shape index (κ2) is 5.75. The summed E-state index contributed by atoms with van der Waals surface area (Å²) in [6.45, 7) is 4.00. The van der Waals surface area contributed by atoms with E-state index in [4.69, 9.17) is 0 Å². The molecule has 0 saturated heterocycles. The van der Waals surface area contributed by atoms with Gasteiger partial charge in [0.05, 0.1) is 12.7 Å². The number of hydrogen-bond acceptors (Lipinski definition) is 2. The van der Waals surface area contributed by atoms with Gasteiger partial charge in [-0.15, -0.1) is 0 Å². The fraction of sp³-hybridized carbons (Fsp3) is 0.417. The minimum absolute atomic E-state index is 0.157. The van der Waals surface area contributed by atoms with E-state index in [2.05, 4.69) is 10.1 Å². The van der Waals surface area contributed by atoms with E-state index >= 15 is 0 Å². The average Bonchev–Trinajstić information content (AvgIpc) is 2.31. The van der Waals surface area contributed by atoms with Gasteiger partial charge in [-0.25, -0.2) is 8.78 Å². The van der Waals surface area contributed by atoms with Crippen LogP contribution in [0.3, 0.4) is 0 Å². The standard InChI is InChI=1S/C12H14F3NO2/c1-6(2)5-16-12(17)7-4-8(13)10(15)11(18-3)9(7)14/h4,6H,5H2,1-3H3,(H,16,17). The molecule has 0 aromatic heterocycles. The van der Waals surface area contributed by atoms with Gasteiger partial charge in [-0.3, -0.25) is 4.79 Å². The Morgan fingerprint density at radius 2 is 1.94 bits per heavy atom. The number of carbonyl (C=O) groups excluding carboxylic acids is 1. The van der Waals surface area contributed by atoms with Crippen molar-refractivity contribution in [1.29, 1.82) is 0 Å². The molecule has 0 saturated carbocycles. The van der Waals surface area contributed by atoms with Crippen molar-refractivity contribution in [2.75, 3.05) is 13.7 Å². The summed E-state index contributed by atoms with van der Waals surface area (Å²) in [7, 11) is 0.997. The van der Waals surface area contributed by atoms with Gasteiger partial charge in [0.15, 0.2) is 17.4 Å². The van der Waals surface area contributed by atoms with Gasteiger partial charge in [0.25, 0.3) is 5.91 Å². The summed E-state index contributed by atoms with van der Waals surface area (Å²) in [4.78, 5) is 11.6. The molecule has 1 aromatic rings. The smallest absolute Gasteiger partial charge is 0.254 e. The Morgan fingerprint density at radius 1 is 1.33 bits per heavy atom. The van der Waals surface area contributed by atoms with E-state index in [9.17, 15) is 18.0 Å². The number of benzene rings is 1. The normalized spacial score (nSPS) is 10.6. The molecule has 1 aromatic carbocycles. The Balaban J connectivity index is 3.09. The van der Waals surface area contributed by atoms with Crippen molar-refractivity contribution in [1.82, 2.24) is 5.32 Å². The van der Waals surface area contributed by atoms with Crippen LogP contribution in [-0.2, 0) is 0 Å². The van der Waals surface area contributed by atoms with E-state index in [1.807, 2.05) is 13.8 Å². The summed E-state index contributed by atoms with van der Waals surface area (Å²) in [6, 6.07) is 0.517. The minimum Gasteiger partial charge on any atom is -0.491 e. The molecule has 0 aliphatic carbocycles. The number of rotatable bonds is 4. The van der Waals surface area contributed by atoms with Gasteiger partial charge in [-0.1, -0.05) is 13.8 Å². The van der Waals surface area contributed by atoms with E-state index in [-0.39, 0.29) is 5.92 Å². The Morgan fingerprint density at radius 3 is 2.44 bits per heavy atom. The number of ether oxygens (including phenoxy) is 1. The Labute approximate surface area is 103 Å². The molecule has 18 heavy (non-hydrogen) atoms. The number of nitrogens with one attached hydrogen (secondary N) is 1. The Hall–Kier alpha value is -1.72. The highest BCUT2D eigenvalue weighted by molar-refractivity contribution is 5.95. The van der Waals surface area contributed by atoms with Crippen molar-refractivity contribution in [3.63, 3.8) is 0 Å². The lowest BCUT2D eigenvalue weighted by atomic mass is 10.1. The van der Waals surface area contributed by atoms with Gasteiger partial charge < -0.3 is 10.1 Å². The predicted molar refractivity (Wildman–Crippen MR) is 60.0 cm³/mol. The molecule has 100 valence electrons. The predicted octanol–water partition coefficient (Wildman–Crippen LogP) is 2.50. The maximum Gasteiger partial charge on any atom is 0.254 e. The van der Waals surface area contributed by atoms with Crippen LogP contribution in [0.25, 0.3) is 0 Å². The third-order valence-electron chi connectivity index (χ3n) is 2.24. The van der Waals surface area contributed by atoms with Gasteiger partial charge in [-0.05, 0) is 12.0 Å². The zero-order valence-electron chi connectivity index (χ0n) is 10.3. The Kier molecular flexibility index (Phi) is 4.58. The third-order valence-corrected chi connectivity index (χ3v) is 2.24. The zero-order chi connectivity index (χ0) is 13.9. The first-order valence-electron chi connectivity index (χ1n) is 5.38. The molecule has 1 N–H and O–H groups in total. The zero-order valence-corrected chi connectivity index (χ0v) is 10.3. The van der Waals surface area contributed by atoms with Crippen molar-refractivity contribution in [2.24, 2.45) is 5.92 Å². The number of halogens is 3. The largest absolute Gasteiger partial charge is 0.491 e. The number of methoxy groups -OCH3 is 1.